The van der Waals surface area contributed by atoms with E-state index >= 15 is 0 Å². The van der Waals surface area contributed by atoms with Crippen LogP contribution in [-0.2, 0) is 9.59 Å². The number of ketones is 1. The highest BCUT2D eigenvalue weighted by molar-refractivity contribution is 5.88. The van der Waals surface area contributed by atoms with Gasteiger partial charge in [0.05, 0.1) is 6.04 Å². The van der Waals surface area contributed by atoms with Gasteiger partial charge >= 0.3 is 0 Å². The van der Waals surface area contributed by atoms with Gasteiger partial charge in [0.15, 0.2) is 5.78 Å². The van der Waals surface area contributed by atoms with Gasteiger partial charge in [0, 0.05) is 5.92 Å². The topological polar surface area (TPSA) is 72.2 Å². The highest BCUT2D eigenvalue weighted by Crippen LogP contribution is 2.10. The van der Waals surface area contributed by atoms with Gasteiger partial charge in [-0.25, -0.2) is 0 Å². The van der Waals surface area contributed by atoms with E-state index in [1.54, 1.807) is 6.92 Å². The van der Waals surface area contributed by atoms with Gasteiger partial charge in [0.2, 0.25) is 5.91 Å². The van der Waals surface area contributed by atoms with Crippen molar-refractivity contribution < 1.29 is 9.59 Å². The summed E-state index contributed by atoms with van der Waals surface area (Å²) >= 11 is 0. The Labute approximate surface area is 117 Å². The second kappa shape index (κ2) is 11.0. The first kappa shape index (κ1) is 18.1. The number of rotatable bonds is 11. The van der Waals surface area contributed by atoms with Gasteiger partial charge in [-0.05, 0) is 32.7 Å². The summed E-state index contributed by atoms with van der Waals surface area (Å²) in [5.41, 5.74) is 5.43. The van der Waals surface area contributed by atoms with Crippen LogP contribution in [0.5, 0.6) is 0 Å². The minimum atomic E-state index is -0.309. The van der Waals surface area contributed by atoms with Crippen molar-refractivity contribution in [2.45, 2.75) is 71.8 Å². The predicted molar refractivity (Wildman–Crippen MR) is 78.8 cm³/mol. The van der Waals surface area contributed by atoms with E-state index in [1.807, 2.05) is 6.92 Å². The number of hydrogen-bond acceptors (Lipinski definition) is 3. The molecule has 0 aromatic rings. The Morgan fingerprint density at radius 3 is 2.26 bits per heavy atom. The lowest BCUT2D eigenvalue weighted by Gasteiger charge is -2.19. The summed E-state index contributed by atoms with van der Waals surface area (Å²) in [5.74, 6) is 0.00639. The zero-order valence-electron chi connectivity index (χ0n) is 12.7. The lowest BCUT2D eigenvalue weighted by atomic mass is 10.0. The van der Waals surface area contributed by atoms with E-state index in [4.69, 9.17) is 5.73 Å². The fourth-order valence-electron chi connectivity index (χ4n) is 2.02. The van der Waals surface area contributed by atoms with Crippen molar-refractivity contribution >= 4 is 11.7 Å². The fourth-order valence-corrected chi connectivity index (χ4v) is 2.02. The first-order valence-corrected chi connectivity index (χ1v) is 7.53. The third-order valence-electron chi connectivity index (χ3n) is 3.44. The zero-order chi connectivity index (χ0) is 14.7. The van der Waals surface area contributed by atoms with Gasteiger partial charge in [-0.1, -0.05) is 39.5 Å². The van der Waals surface area contributed by atoms with Crippen LogP contribution in [0.3, 0.4) is 0 Å². The minimum Gasteiger partial charge on any atom is -0.346 e. The molecule has 112 valence electrons. The second-order valence-electron chi connectivity index (χ2n) is 5.35. The molecule has 0 aliphatic heterocycles. The van der Waals surface area contributed by atoms with Gasteiger partial charge in [-0.2, -0.15) is 0 Å². The highest BCUT2D eigenvalue weighted by Gasteiger charge is 2.20. The van der Waals surface area contributed by atoms with Gasteiger partial charge < -0.3 is 11.1 Å². The Hall–Kier alpha value is -0.900. The van der Waals surface area contributed by atoms with Crippen LogP contribution in [0.1, 0.15) is 65.7 Å². The van der Waals surface area contributed by atoms with Crippen LogP contribution in [0.2, 0.25) is 0 Å². The highest BCUT2D eigenvalue weighted by atomic mass is 16.2. The van der Waals surface area contributed by atoms with E-state index < -0.39 is 0 Å². The Balaban J connectivity index is 4.11. The molecule has 0 bridgehead atoms. The van der Waals surface area contributed by atoms with Crippen molar-refractivity contribution in [3.05, 3.63) is 0 Å². The number of Topliss-reactive ketones (excluding diaryl/α,β-unsaturated/α-hetero) is 1. The third kappa shape index (κ3) is 8.76. The van der Waals surface area contributed by atoms with Crippen LogP contribution in [-0.4, -0.2) is 24.3 Å². The quantitative estimate of drug-likeness (QED) is 0.566. The van der Waals surface area contributed by atoms with Gasteiger partial charge in [0.1, 0.15) is 0 Å². The van der Waals surface area contributed by atoms with Crippen molar-refractivity contribution in [1.29, 1.82) is 0 Å². The molecule has 2 unspecified atom stereocenters. The average Bonchev–Trinajstić information content (AvgIpc) is 2.37. The number of carbonyl (C=O) groups excluding carboxylic acids is 2. The molecule has 4 nitrogen and oxygen atoms in total. The van der Waals surface area contributed by atoms with E-state index in [9.17, 15) is 9.59 Å². The number of carbonyl (C=O) groups is 2. The Morgan fingerprint density at radius 2 is 1.74 bits per heavy atom. The summed E-state index contributed by atoms with van der Waals surface area (Å²) in [5, 5.41) is 2.88. The molecule has 3 N–H and O–H groups in total. The number of hydrogen-bond donors (Lipinski definition) is 2. The molecule has 2 atom stereocenters. The zero-order valence-corrected chi connectivity index (χ0v) is 12.7. The minimum absolute atomic E-state index is 0.00581. The second-order valence-corrected chi connectivity index (χ2v) is 5.35. The molecule has 0 heterocycles. The summed E-state index contributed by atoms with van der Waals surface area (Å²) in [6, 6.07) is -0.309. The molecule has 0 aliphatic carbocycles. The summed E-state index contributed by atoms with van der Waals surface area (Å²) in [6.07, 6.45) is 6.71. The Morgan fingerprint density at radius 1 is 1.11 bits per heavy atom. The van der Waals surface area contributed by atoms with Crippen LogP contribution in [0.15, 0.2) is 0 Å². The van der Waals surface area contributed by atoms with Crippen LogP contribution < -0.4 is 11.1 Å². The normalized spacial score (nSPS) is 13.9. The maximum atomic E-state index is 12.0. The molecule has 19 heavy (non-hydrogen) atoms. The van der Waals surface area contributed by atoms with Gasteiger partial charge in [0.25, 0.3) is 0 Å². The monoisotopic (exact) mass is 270 g/mol. The summed E-state index contributed by atoms with van der Waals surface area (Å²) in [7, 11) is 0. The van der Waals surface area contributed by atoms with Crippen molar-refractivity contribution in [3.63, 3.8) is 0 Å². The molecular weight excluding hydrogens is 240 g/mol. The van der Waals surface area contributed by atoms with E-state index in [2.05, 4.69) is 12.2 Å². The Kier molecular flexibility index (Phi) is 10.5. The van der Waals surface area contributed by atoms with Gasteiger partial charge in [-0.3, -0.25) is 9.59 Å². The number of nitrogens with two attached hydrogens (primary N) is 1. The predicted octanol–water partition coefficient (Wildman–Crippen LogP) is 2.41. The molecule has 0 spiro atoms. The number of nitrogens with one attached hydrogen (secondary N) is 1. The smallest absolute Gasteiger partial charge is 0.223 e. The van der Waals surface area contributed by atoms with Crippen molar-refractivity contribution in [1.82, 2.24) is 5.32 Å². The fraction of sp³-hybridized carbons (Fsp3) is 0.867. The van der Waals surface area contributed by atoms with Crippen LogP contribution in [0, 0.1) is 5.92 Å². The molecule has 0 aromatic heterocycles. The van der Waals surface area contributed by atoms with Gasteiger partial charge in [-0.15, -0.1) is 0 Å². The maximum absolute atomic E-state index is 12.0. The molecule has 0 aromatic carbocycles. The molecule has 0 fully saturated rings. The van der Waals surface area contributed by atoms with Crippen molar-refractivity contribution in [2.24, 2.45) is 11.7 Å². The lowest BCUT2D eigenvalue weighted by Crippen LogP contribution is -2.42. The molecule has 0 saturated carbocycles. The largest absolute Gasteiger partial charge is 0.346 e. The molecule has 1 amide bonds. The SMILES string of the molecule is CCCCCC(NC(=O)C(C)CCCCN)C(C)=O. The molecule has 0 aliphatic rings. The van der Waals surface area contributed by atoms with Crippen LogP contribution >= 0.6 is 0 Å². The third-order valence-corrected chi connectivity index (χ3v) is 3.44. The summed E-state index contributed by atoms with van der Waals surface area (Å²) in [4.78, 5) is 23.5. The number of amides is 1. The molecule has 0 saturated heterocycles. The molecule has 4 heteroatoms. The average molecular weight is 270 g/mol. The summed E-state index contributed by atoms with van der Waals surface area (Å²) < 4.78 is 0. The van der Waals surface area contributed by atoms with Crippen LogP contribution in [0.4, 0.5) is 0 Å². The van der Waals surface area contributed by atoms with E-state index in [1.165, 1.54) is 0 Å². The Bertz CT molecular complexity index is 267. The standard InChI is InChI=1S/C15H30N2O2/c1-4-5-6-10-14(13(3)18)17-15(19)12(2)9-7-8-11-16/h12,14H,4-11,16H2,1-3H3,(H,17,19). The first-order valence-electron chi connectivity index (χ1n) is 7.53. The molecular formula is C15H30N2O2. The molecule has 0 radical (unpaired) electrons. The van der Waals surface area contributed by atoms with E-state index in [0.29, 0.717) is 6.54 Å². The van der Waals surface area contributed by atoms with Crippen LogP contribution in [0.25, 0.3) is 0 Å². The summed E-state index contributed by atoms with van der Waals surface area (Å²) in [6.45, 7) is 6.26. The van der Waals surface area contributed by atoms with E-state index in [-0.39, 0.29) is 23.7 Å². The number of unbranched alkanes of at least 4 members (excludes halogenated alkanes) is 3. The van der Waals surface area contributed by atoms with Crippen molar-refractivity contribution in [2.75, 3.05) is 6.54 Å². The van der Waals surface area contributed by atoms with E-state index in [0.717, 1.165) is 44.9 Å². The molecule has 0 rings (SSSR count). The maximum Gasteiger partial charge on any atom is 0.223 e. The van der Waals surface area contributed by atoms with Crippen molar-refractivity contribution in [3.8, 4) is 0 Å². The lowest BCUT2D eigenvalue weighted by molar-refractivity contribution is -0.129. The first-order chi connectivity index (χ1) is 9.02.